The van der Waals surface area contributed by atoms with Crippen molar-refractivity contribution in [2.45, 2.75) is 13.0 Å². The monoisotopic (exact) mass is 201 g/mol. The van der Waals surface area contributed by atoms with Crippen molar-refractivity contribution in [1.82, 2.24) is 0 Å². The molecule has 0 amide bonds. The van der Waals surface area contributed by atoms with Crippen LogP contribution >= 0.6 is 0 Å². The summed E-state index contributed by atoms with van der Waals surface area (Å²) < 4.78 is 0. The number of rotatable bonds is 4. The summed E-state index contributed by atoms with van der Waals surface area (Å²) in [6, 6.07) is 8.03. The van der Waals surface area contributed by atoms with Gasteiger partial charge in [-0.1, -0.05) is 47.6 Å². The van der Waals surface area contributed by atoms with Gasteiger partial charge in [0, 0.05) is 10.5 Å². The molecule has 4 heteroatoms. The minimum atomic E-state index is -0.748. The van der Waals surface area contributed by atoms with E-state index in [1.54, 1.807) is 43.3 Å². The molecule has 0 fully saturated rings. The molecule has 0 saturated carbocycles. The second-order valence-corrected chi connectivity index (χ2v) is 2.91. The third-order valence-corrected chi connectivity index (χ3v) is 1.88. The van der Waals surface area contributed by atoms with Gasteiger partial charge in [-0.15, -0.1) is 0 Å². The van der Waals surface area contributed by atoms with Gasteiger partial charge in [0.15, 0.2) is 5.78 Å². The number of hydrogen-bond donors (Lipinski definition) is 0. The van der Waals surface area contributed by atoms with Crippen LogP contribution in [-0.2, 0) is 0 Å². The predicted molar refractivity (Wildman–Crippen MR) is 58.5 cm³/mol. The maximum absolute atomic E-state index is 11.8. The lowest BCUT2D eigenvalue weighted by Crippen LogP contribution is -2.15. The molecule has 0 heterocycles. The quantitative estimate of drug-likeness (QED) is 0.242. The Balaban J connectivity index is 2.96. The van der Waals surface area contributed by atoms with E-state index in [9.17, 15) is 4.79 Å². The molecule has 0 saturated heterocycles. The Bertz CT molecular complexity index is 405. The van der Waals surface area contributed by atoms with Crippen molar-refractivity contribution in [2.24, 2.45) is 5.11 Å². The van der Waals surface area contributed by atoms with Gasteiger partial charge in [-0.25, -0.2) is 0 Å². The van der Waals surface area contributed by atoms with Gasteiger partial charge in [0.05, 0.1) is 0 Å². The molecular formula is C11H11N3O. The van der Waals surface area contributed by atoms with Crippen LogP contribution in [0.3, 0.4) is 0 Å². The number of azide groups is 1. The number of hydrogen-bond acceptors (Lipinski definition) is 2. The number of carbonyl (C=O) groups excluding carboxylic acids is 1. The first-order chi connectivity index (χ1) is 7.29. The summed E-state index contributed by atoms with van der Waals surface area (Å²) >= 11 is 0. The molecule has 0 aliphatic heterocycles. The molecule has 0 bridgehead atoms. The minimum Gasteiger partial charge on any atom is -0.293 e. The average Bonchev–Trinajstić information content (AvgIpc) is 2.29. The van der Waals surface area contributed by atoms with Crippen LogP contribution in [0.1, 0.15) is 17.3 Å². The molecule has 0 aromatic heterocycles. The van der Waals surface area contributed by atoms with E-state index in [2.05, 4.69) is 10.0 Å². The zero-order chi connectivity index (χ0) is 11.1. The Morgan fingerprint density at radius 2 is 2.13 bits per heavy atom. The maximum atomic E-state index is 11.8. The molecule has 1 aromatic carbocycles. The topological polar surface area (TPSA) is 65.8 Å². The molecule has 1 unspecified atom stereocenters. The first kappa shape index (κ1) is 11.0. The first-order valence-electron chi connectivity index (χ1n) is 4.56. The number of Topliss-reactive ketones (excluding diaryl/α,β-unsaturated/α-hetero) is 1. The van der Waals surface area contributed by atoms with Crippen LogP contribution in [0, 0.1) is 0 Å². The molecule has 1 aromatic rings. The Kier molecular flexibility index (Phi) is 4.13. The van der Waals surface area contributed by atoms with Gasteiger partial charge in [-0.05, 0) is 12.5 Å². The summed E-state index contributed by atoms with van der Waals surface area (Å²) in [6.45, 7) is 1.78. The van der Waals surface area contributed by atoms with Gasteiger partial charge < -0.3 is 0 Å². The normalized spacial score (nSPS) is 12.1. The number of nitrogens with zero attached hydrogens (tertiary/aromatic N) is 3. The SMILES string of the molecule is C/C=C\C(N=[N+]=[N-])C(=O)c1ccccc1. The summed E-state index contributed by atoms with van der Waals surface area (Å²) in [5.74, 6) is -0.188. The number of carbonyl (C=O) groups is 1. The second-order valence-electron chi connectivity index (χ2n) is 2.91. The van der Waals surface area contributed by atoms with Crippen LogP contribution in [0.2, 0.25) is 0 Å². The standard InChI is InChI=1S/C11H11N3O/c1-2-6-10(13-14-12)11(15)9-7-4-3-5-8-9/h2-8,10H,1H3/b6-2-. The first-order valence-corrected chi connectivity index (χ1v) is 4.56. The summed E-state index contributed by atoms with van der Waals surface area (Å²) in [5.41, 5.74) is 8.88. The van der Waals surface area contributed by atoms with Crippen LogP contribution < -0.4 is 0 Å². The molecule has 0 aliphatic rings. The van der Waals surface area contributed by atoms with Crippen molar-refractivity contribution in [1.29, 1.82) is 0 Å². The lowest BCUT2D eigenvalue weighted by atomic mass is 10.0. The highest BCUT2D eigenvalue weighted by Crippen LogP contribution is 2.07. The molecule has 15 heavy (non-hydrogen) atoms. The second kappa shape index (κ2) is 5.62. The van der Waals surface area contributed by atoms with Gasteiger partial charge >= 0.3 is 0 Å². The van der Waals surface area contributed by atoms with E-state index >= 15 is 0 Å². The third kappa shape index (κ3) is 2.97. The van der Waals surface area contributed by atoms with Crippen molar-refractivity contribution >= 4 is 5.78 Å². The van der Waals surface area contributed by atoms with Gasteiger partial charge in [0.1, 0.15) is 6.04 Å². The fourth-order valence-electron chi connectivity index (χ4n) is 1.19. The summed E-state index contributed by atoms with van der Waals surface area (Å²) in [6.07, 6.45) is 3.27. The molecular weight excluding hydrogens is 190 g/mol. The zero-order valence-electron chi connectivity index (χ0n) is 8.37. The van der Waals surface area contributed by atoms with Crippen LogP contribution in [-0.4, -0.2) is 11.8 Å². The van der Waals surface area contributed by atoms with Crippen LogP contribution in [0.15, 0.2) is 47.6 Å². The predicted octanol–water partition coefficient (Wildman–Crippen LogP) is 3.12. The van der Waals surface area contributed by atoms with Crippen LogP contribution in [0.5, 0.6) is 0 Å². The van der Waals surface area contributed by atoms with E-state index in [1.807, 2.05) is 6.07 Å². The summed E-state index contributed by atoms with van der Waals surface area (Å²) in [4.78, 5) is 14.5. The van der Waals surface area contributed by atoms with E-state index in [4.69, 9.17) is 5.53 Å². The highest BCUT2D eigenvalue weighted by molar-refractivity contribution is 6.01. The van der Waals surface area contributed by atoms with Crippen molar-refractivity contribution in [3.05, 3.63) is 58.5 Å². The highest BCUT2D eigenvalue weighted by Gasteiger charge is 2.14. The van der Waals surface area contributed by atoms with E-state index in [0.717, 1.165) is 0 Å². The van der Waals surface area contributed by atoms with Crippen LogP contribution in [0.25, 0.3) is 10.4 Å². The minimum absolute atomic E-state index is 0.188. The Hall–Kier alpha value is -2.06. The summed E-state index contributed by atoms with van der Waals surface area (Å²) in [7, 11) is 0. The summed E-state index contributed by atoms with van der Waals surface area (Å²) in [5, 5.41) is 3.43. The molecule has 0 N–H and O–H groups in total. The van der Waals surface area contributed by atoms with E-state index in [-0.39, 0.29) is 5.78 Å². The number of allylic oxidation sites excluding steroid dienone is 1. The van der Waals surface area contributed by atoms with Crippen molar-refractivity contribution in [3.8, 4) is 0 Å². The molecule has 1 rings (SSSR count). The number of ketones is 1. The van der Waals surface area contributed by atoms with Crippen molar-refractivity contribution in [2.75, 3.05) is 0 Å². The molecule has 1 atom stereocenters. The average molecular weight is 201 g/mol. The van der Waals surface area contributed by atoms with E-state index < -0.39 is 6.04 Å². The van der Waals surface area contributed by atoms with Gasteiger partial charge in [-0.2, -0.15) is 0 Å². The lowest BCUT2D eigenvalue weighted by molar-refractivity contribution is 0.0978. The molecule has 4 nitrogen and oxygen atoms in total. The lowest BCUT2D eigenvalue weighted by Gasteiger charge is -2.04. The van der Waals surface area contributed by atoms with E-state index in [0.29, 0.717) is 5.56 Å². The molecule has 0 spiro atoms. The third-order valence-electron chi connectivity index (χ3n) is 1.88. The van der Waals surface area contributed by atoms with Gasteiger partial charge in [0.25, 0.3) is 0 Å². The molecule has 0 radical (unpaired) electrons. The highest BCUT2D eigenvalue weighted by atomic mass is 16.1. The molecule has 0 aliphatic carbocycles. The van der Waals surface area contributed by atoms with E-state index in [1.165, 1.54) is 0 Å². The smallest absolute Gasteiger partial charge is 0.175 e. The van der Waals surface area contributed by atoms with Gasteiger partial charge in [0.2, 0.25) is 0 Å². The zero-order valence-corrected chi connectivity index (χ0v) is 8.37. The Morgan fingerprint density at radius 1 is 1.47 bits per heavy atom. The van der Waals surface area contributed by atoms with Crippen LogP contribution in [0.4, 0.5) is 0 Å². The van der Waals surface area contributed by atoms with Crippen molar-refractivity contribution < 1.29 is 4.79 Å². The fourth-order valence-corrected chi connectivity index (χ4v) is 1.19. The van der Waals surface area contributed by atoms with Gasteiger partial charge in [-0.3, -0.25) is 4.79 Å². The Morgan fingerprint density at radius 3 is 2.67 bits per heavy atom. The maximum Gasteiger partial charge on any atom is 0.175 e. The largest absolute Gasteiger partial charge is 0.293 e. The number of benzene rings is 1. The Labute approximate surface area is 87.9 Å². The molecule has 76 valence electrons. The van der Waals surface area contributed by atoms with Crippen molar-refractivity contribution in [3.63, 3.8) is 0 Å². The fraction of sp³-hybridized carbons (Fsp3) is 0.182.